The van der Waals surface area contributed by atoms with Gasteiger partial charge in [0.1, 0.15) is 0 Å². The number of likely N-dealkylation sites (tertiary alicyclic amines) is 1. The molecule has 1 aliphatic rings. The second-order valence-corrected chi connectivity index (χ2v) is 6.86. The molecule has 0 bridgehead atoms. The lowest BCUT2D eigenvalue weighted by Crippen LogP contribution is -2.41. The number of aliphatic hydroxyl groups is 3. The highest BCUT2D eigenvalue weighted by atomic mass is 19.4. The molecule has 4 atom stereocenters. The third-order valence-corrected chi connectivity index (χ3v) is 5.08. The van der Waals surface area contributed by atoms with Crippen LogP contribution in [0.25, 0.3) is 0 Å². The molecule has 27 heavy (non-hydrogen) atoms. The van der Waals surface area contributed by atoms with E-state index in [0.29, 0.717) is 12.0 Å². The van der Waals surface area contributed by atoms with Crippen LogP contribution >= 0.6 is 0 Å². The minimum absolute atomic E-state index is 0.0841. The Morgan fingerprint density at radius 1 is 0.852 bits per heavy atom. The SMILES string of the molecule is OC[C@@H]1[C@@H](O)[C@@H](O)[C@H](Cc2ccccc2)N1Cc1cccc(C(F)(F)F)c1. The number of alkyl halides is 3. The second kappa shape index (κ2) is 7.98. The van der Waals surface area contributed by atoms with Crippen molar-refractivity contribution in [2.24, 2.45) is 0 Å². The Morgan fingerprint density at radius 2 is 1.48 bits per heavy atom. The highest BCUT2D eigenvalue weighted by Crippen LogP contribution is 2.32. The van der Waals surface area contributed by atoms with Crippen LogP contribution in [0.15, 0.2) is 54.6 Å². The number of aliphatic hydroxyl groups excluding tert-OH is 3. The Labute approximate surface area is 155 Å². The molecule has 0 radical (unpaired) electrons. The zero-order chi connectivity index (χ0) is 19.6. The number of nitrogens with zero attached hydrogens (tertiary/aromatic N) is 1. The fraction of sp³-hybridized carbons (Fsp3) is 0.400. The minimum Gasteiger partial charge on any atom is -0.395 e. The van der Waals surface area contributed by atoms with E-state index in [1.165, 1.54) is 6.07 Å². The molecule has 1 aliphatic heterocycles. The molecule has 1 saturated heterocycles. The van der Waals surface area contributed by atoms with E-state index in [0.717, 1.165) is 17.7 Å². The first-order chi connectivity index (χ1) is 12.8. The van der Waals surface area contributed by atoms with E-state index in [4.69, 9.17) is 0 Å². The molecule has 3 rings (SSSR count). The van der Waals surface area contributed by atoms with Crippen molar-refractivity contribution >= 4 is 0 Å². The Hall–Kier alpha value is -1.93. The van der Waals surface area contributed by atoms with Crippen molar-refractivity contribution in [3.63, 3.8) is 0 Å². The standard InChI is InChI=1S/C20H22F3NO3/c21-20(22,23)15-8-4-7-14(9-15)11-24-16(10-13-5-2-1-3-6-13)18(26)19(27)17(24)12-25/h1-9,16-19,25-27H,10-12H2/t16-,17+,18-,19+/m0/s1. The van der Waals surface area contributed by atoms with Gasteiger partial charge in [-0.25, -0.2) is 0 Å². The summed E-state index contributed by atoms with van der Waals surface area (Å²) in [6.45, 7) is -0.316. The molecule has 0 aromatic heterocycles. The van der Waals surface area contributed by atoms with Gasteiger partial charge in [-0.2, -0.15) is 13.2 Å². The van der Waals surface area contributed by atoms with Crippen LogP contribution in [-0.2, 0) is 19.1 Å². The van der Waals surface area contributed by atoms with Gasteiger partial charge in [0.25, 0.3) is 0 Å². The number of hydrogen-bond donors (Lipinski definition) is 3. The van der Waals surface area contributed by atoms with Crippen molar-refractivity contribution in [2.45, 2.75) is 43.4 Å². The van der Waals surface area contributed by atoms with Gasteiger partial charge in [-0.3, -0.25) is 4.90 Å². The quantitative estimate of drug-likeness (QED) is 0.743. The van der Waals surface area contributed by atoms with Gasteiger partial charge in [-0.05, 0) is 23.6 Å². The van der Waals surface area contributed by atoms with Gasteiger partial charge < -0.3 is 15.3 Å². The molecule has 7 heteroatoms. The summed E-state index contributed by atoms with van der Waals surface area (Å²) in [4.78, 5) is 1.69. The van der Waals surface area contributed by atoms with Crippen LogP contribution in [0, 0.1) is 0 Å². The molecule has 0 unspecified atom stereocenters. The molecule has 4 nitrogen and oxygen atoms in total. The lowest BCUT2D eigenvalue weighted by Gasteiger charge is -2.30. The Kier molecular flexibility index (Phi) is 5.86. The topological polar surface area (TPSA) is 63.9 Å². The molecule has 3 N–H and O–H groups in total. The number of benzene rings is 2. The van der Waals surface area contributed by atoms with Gasteiger partial charge in [0.2, 0.25) is 0 Å². The summed E-state index contributed by atoms with van der Waals surface area (Å²) in [6, 6.07) is 13.0. The van der Waals surface area contributed by atoms with Crippen molar-refractivity contribution in [1.29, 1.82) is 0 Å². The maximum absolute atomic E-state index is 13.0. The largest absolute Gasteiger partial charge is 0.416 e. The molecular formula is C20H22F3NO3. The smallest absolute Gasteiger partial charge is 0.395 e. The van der Waals surface area contributed by atoms with Gasteiger partial charge in [-0.15, -0.1) is 0 Å². The fourth-order valence-electron chi connectivity index (χ4n) is 3.69. The predicted octanol–water partition coefficient (Wildman–Crippen LogP) is 2.21. The van der Waals surface area contributed by atoms with Crippen LogP contribution in [0.1, 0.15) is 16.7 Å². The van der Waals surface area contributed by atoms with Crippen LogP contribution in [-0.4, -0.2) is 51.1 Å². The molecule has 0 aliphatic carbocycles. The Balaban J connectivity index is 1.87. The summed E-state index contributed by atoms with van der Waals surface area (Å²) in [5.41, 5.74) is 0.587. The third kappa shape index (κ3) is 4.32. The summed E-state index contributed by atoms with van der Waals surface area (Å²) >= 11 is 0. The van der Waals surface area contributed by atoms with E-state index in [2.05, 4.69) is 0 Å². The van der Waals surface area contributed by atoms with Crippen molar-refractivity contribution < 1.29 is 28.5 Å². The van der Waals surface area contributed by atoms with Crippen molar-refractivity contribution in [1.82, 2.24) is 4.90 Å². The van der Waals surface area contributed by atoms with Gasteiger partial charge in [-0.1, -0.05) is 48.5 Å². The van der Waals surface area contributed by atoms with Gasteiger partial charge >= 0.3 is 6.18 Å². The van der Waals surface area contributed by atoms with Crippen molar-refractivity contribution in [3.8, 4) is 0 Å². The summed E-state index contributed by atoms with van der Waals surface area (Å²) in [5, 5.41) is 30.5. The molecule has 2 aromatic rings. The minimum atomic E-state index is -4.44. The molecular weight excluding hydrogens is 359 g/mol. The molecule has 1 fully saturated rings. The van der Waals surface area contributed by atoms with E-state index in [-0.39, 0.29) is 6.54 Å². The first-order valence-corrected chi connectivity index (χ1v) is 8.74. The lowest BCUT2D eigenvalue weighted by atomic mass is 10.0. The Bertz CT molecular complexity index is 754. The molecule has 1 heterocycles. The molecule has 0 amide bonds. The van der Waals surface area contributed by atoms with E-state index in [1.807, 2.05) is 30.3 Å². The zero-order valence-corrected chi connectivity index (χ0v) is 14.5. The summed E-state index contributed by atoms with van der Waals surface area (Å²) in [5.74, 6) is 0. The predicted molar refractivity (Wildman–Crippen MR) is 93.8 cm³/mol. The maximum atomic E-state index is 13.0. The van der Waals surface area contributed by atoms with Crippen LogP contribution in [0.2, 0.25) is 0 Å². The third-order valence-electron chi connectivity index (χ3n) is 5.08. The van der Waals surface area contributed by atoms with E-state index in [1.54, 1.807) is 11.0 Å². The average Bonchev–Trinajstić information content (AvgIpc) is 2.86. The van der Waals surface area contributed by atoms with E-state index >= 15 is 0 Å². The van der Waals surface area contributed by atoms with E-state index in [9.17, 15) is 28.5 Å². The Morgan fingerprint density at radius 3 is 2.11 bits per heavy atom. The van der Waals surface area contributed by atoms with Gasteiger partial charge in [0, 0.05) is 12.6 Å². The van der Waals surface area contributed by atoms with Gasteiger partial charge in [0.15, 0.2) is 0 Å². The maximum Gasteiger partial charge on any atom is 0.416 e. The number of rotatable bonds is 5. The van der Waals surface area contributed by atoms with Crippen molar-refractivity contribution in [3.05, 3.63) is 71.3 Å². The average molecular weight is 381 g/mol. The monoisotopic (exact) mass is 381 g/mol. The molecule has 2 aromatic carbocycles. The second-order valence-electron chi connectivity index (χ2n) is 6.86. The molecule has 146 valence electrons. The lowest BCUT2D eigenvalue weighted by molar-refractivity contribution is -0.137. The number of hydrogen-bond acceptors (Lipinski definition) is 4. The van der Waals surface area contributed by atoms with Crippen LogP contribution in [0.5, 0.6) is 0 Å². The summed E-state index contributed by atoms with van der Waals surface area (Å²) in [7, 11) is 0. The fourth-order valence-corrected chi connectivity index (χ4v) is 3.69. The summed E-state index contributed by atoms with van der Waals surface area (Å²) in [6.07, 6.45) is -6.31. The molecule has 0 saturated carbocycles. The first-order valence-electron chi connectivity index (χ1n) is 8.74. The van der Waals surface area contributed by atoms with Crippen molar-refractivity contribution in [2.75, 3.05) is 6.61 Å². The van der Waals surface area contributed by atoms with E-state index < -0.39 is 42.6 Å². The van der Waals surface area contributed by atoms with Gasteiger partial charge in [0.05, 0.1) is 30.4 Å². The zero-order valence-electron chi connectivity index (χ0n) is 14.5. The highest BCUT2D eigenvalue weighted by molar-refractivity contribution is 5.26. The summed E-state index contributed by atoms with van der Waals surface area (Å²) < 4.78 is 38.9. The van der Waals surface area contributed by atoms with Crippen LogP contribution in [0.4, 0.5) is 13.2 Å². The number of halogens is 3. The molecule has 0 spiro atoms. The van der Waals surface area contributed by atoms with Crippen LogP contribution < -0.4 is 0 Å². The van der Waals surface area contributed by atoms with Crippen LogP contribution in [0.3, 0.4) is 0 Å². The normalized spacial score (nSPS) is 26.4. The highest BCUT2D eigenvalue weighted by Gasteiger charge is 2.47. The first kappa shape index (κ1) is 19.8.